The van der Waals surface area contributed by atoms with Crippen LogP contribution in [0.5, 0.6) is 0 Å². The van der Waals surface area contributed by atoms with Crippen LogP contribution < -0.4 is 5.32 Å². The van der Waals surface area contributed by atoms with E-state index in [2.05, 4.69) is 10.4 Å². The van der Waals surface area contributed by atoms with Crippen LogP contribution in [0.2, 0.25) is 5.02 Å². The highest BCUT2D eigenvalue weighted by molar-refractivity contribution is 7.91. The van der Waals surface area contributed by atoms with E-state index in [0.29, 0.717) is 45.1 Å². The molecule has 3 aromatic heterocycles. The molecule has 1 atom stereocenters. The van der Waals surface area contributed by atoms with E-state index >= 15 is 0 Å². The molecule has 4 heterocycles. The molecule has 0 aliphatic carbocycles. The number of fused-ring (bicyclic) bond motifs is 1. The number of thiophene rings is 1. The fourth-order valence-corrected chi connectivity index (χ4v) is 6.60. The molecule has 0 saturated carbocycles. The van der Waals surface area contributed by atoms with Crippen molar-refractivity contribution in [1.82, 2.24) is 14.8 Å². The Morgan fingerprint density at radius 3 is 2.78 bits per heavy atom. The number of benzene rings is 1. The molecule has 1 amide bonds. The molecule has 4 aromatic rings. The smallest absolute Gasteiger partial charge is 0.256 e. The highest BCUT2D eigenvalue weighted by Gasteiger charge is 2.32. The third-order valence-corrected chi connectivity index (χ3v) is 8.37. The second-order valence-corrected chi connectivity index (χ2v) is 11.4. The molecule has 32 heavy (non-hydrogen) atoms. The summed E-state index contributed by atoms with van der Waals surface area (Å²) >= 11 is 7.58. The third kappa shape index (κ3) is 3.92. The van der Waals surface area contributed by atoms with Crippen LogP contribution in [0.1, 0.15) is 28.5 Å². The summed E-state index contributed by atoms with van der Waals surface area (Å²) in [7, 11) is -3.11. The summed E-state index contributed by atoms with van der Waals surface area (Å²) in [5, 5.41) is 10.6. The van der Waals surface area contributed by atoms with Gasteiger partial charge >= 0.3 is 0 Å². The Morgan fingerprint density at radius 1 is 1.25 bits per heavy atom. The predicted octanol–water partition coefficient (Wildman–Crippen LogP) is 4.73. The highest BCUT2D eigenvalue weighted by Crippen LogP contribution is 2.33. The van der Waals surface area contributed by atoms with Gasteiger partial charge in [-0.1, -0.05) is 23.7 Å². The SMILES string of the molecule is Cc1nn(C2CCS(=O)(=O)C2)c2nc(-c3cccs3)cc(C(=O)Nc3cccc(Cl)c3)c12. The number of rotatable bonds is 4. The van der Waals surface area contributed by atoms with E-state index in [1.54, 1.807) is 35.0 Å². The van der Waals surface area contributed by atoms with Crippen LogP contribution >= 0.6 is 22.9 Å². The predicted molar refractivity (Wildman–Crippen MR) is 127 cm³/mol. The van der Waals surface area contributed by atoms with Crippen LogP contribution in [0.25, 0.3) is 21.6 Å². The zero-order chi connectivity index (χ0) is 22.5. The molecule has 0 bridgehead atoms. The van der Waals surface area contributed by atoms with Gasteiger partial charge in [-0.3, -0.25) is 4.79 Å². The van der Waals surface area contributed by atoms with Crippen molar-refractivity contribution in [2.75, 3.05) is 16.8 Å². The summed E-state index contributed by atoms with van der Waals surface area (Å²) in [6.07, 6.45) is 0.480. The fourth-order valence-electron chi connectivity index (χ4n) is 4.03. The van der Waals surface area contributed by atoms with E-state index in [1.165, 1.54) is 11.3 Å². The highest BCUT2D eigenvalue weighted by atomic mass is 35.5. The molecule has 1 aromatic carbocycles. The maximum atomic E-state index is 13.3. The number of aromatic nitrogens is 3. The van der Waals surface area contributed by atoms with Crippen molar-refractivity contribution in [2.24, 2.45) is 0 Å². The summed E-state index contributed by atoms with van der Waals surface area (Å²) in [5.74, 6) is -0.151. The van der Waals surface area contributed by atoms with Gasteiger partial charge in [0.1, 0.15) is 0 Å². The largest absolute Gasteiger partial charge is 0.322 e. The van der Waals surface area contributed by atoms with Gasteiger partial charge in [0, 0.05) is 10.7 Å². The van der Waals surface area contributed by atoms with Gasteiger partial charge in [0.25, 0.3) is 5.91 Å². The average molecular weight is 487 g/mol. The number of nitrogens with zero attached hydrogens (tertiary/aromatic N) is 3. The minimum absolute atomic E-state index is 0.0260. The third-order valence-electron chi connectivity index (χ3n) is 5.49. The first-order valence-corrected chi connectivity index (χ1v) is 13.1. The van der Waals surface area contributed by atoms with Gasteiger partial charge in [-0.15, -0.1) is 11.3 Å². The summed E-state index contributed by atoms with van der Waals surface area (Å²) in [5.41, 5.74) is 2.81. The Balaban J connectivity index is 1.67. The van der Waals surface area contributed by atoms with Gasteiger partial charge in [-0.2, -0.15) is 5.10 Å². The first-order valence-electron chi connectivity index (χ1n) is 10.0. The normalized spacial score (nSPS) is 17.6. The maximum absolute atomic E-state index is 13.3. The monoisotopic (exact) mass is 486 g/mol. The van der Waals surface area contributed by atoms with Crippen LogP contribution in [0, 0.1) is 6.92 Å². The van der Waals surface area contributed by atoms with Gasteiger partial charge < -0.3 is 5.32 Å². The Kier molecular flexibility index (Phi) is 5.27. The van der Waals surface area contributed by atoms with Crippen molar-refractivity contribution in [3.8, 4) is 10.6 Å². The number of halogens is 1. The second-order valence-electron chi connectivity index (χ2n) is 7.78. The van der Waals surface area contributed by atoms with Crippen LogP contribution in [-0.2, 0) is 9.84 Å². The van der Waals surface area contributed by atoms with Gasteiger partial charge in [0.15, 0.2) is 15.5 Å². The van der Waals surface area contributed by atoms with Crippen molar-refractivity contribution >= 4 is 55.4 Å². The van der Waals surface area contributed by atoms with Crippen LogP contribution in [0.15, 0.2) is 47.8 Å². The molecule has 1 unspecified atom stereocenters. The van der Waals surface area contributed by atoms with E-state index in [-0.39, 0.29) is 23.5 Å². The molecule has 1 fully saturated rings. The molecule has 1 saturated heterocycles. The number of carbonyl (C=O) groups is 1. The number of carbonyl (C=O) groups excluding carboxylic acids is 1. The summed E-state index contributed by atoms with van der Waals surface area (Å²) in [4.78, 5) is 19.1. The topological polar surface area (TPSA) is 93.9 Å². The van der Waals surface area contributed by atoms with E-state index in [0.717, 1.165) is 4.88 Å². The molecule has 1 aliphatic rings. The number of sulfone groups is 1. The Hall–Kier alpha value is -2.75. The van der Waals surface area contributed by atoms with Gasteiger partial charge in [-0.05, 0) is 49.1 Å². The maximum Gasteiger partial charge on any atom is 0.256 e. The van der Waals surface area contributed by atoms with Gasteiger partial charge in [0.2, 0.25) is 0 Å². The lowest BCUT2D eigenvalue weighted by molar-refractivity contribution is 0.102. The minimum Gasteiger partial charge on any atom is -0.322 e. The summed E-state index contributed by atoms with van der Waals surface area (Å²) in [6, 6.07) is 12.3. The zero-order valence-corrected chi connectivity index (χ0v) is 19.5. The molecule has 1 aliphatic heterocycles. The zero-order valence-electron chi connectivity index (χ0n) is 17.1. The first-order chi connectivity index (χ1) is 15.3. The van der Waals surface area contributed by atoms with E-state index in [1.807, 2.05) is 24.4 Å². The van der Waals surface area contributed by atoms with E-state index in [4.69, 9.17) is 16.6 Å². The number of hydrogen-bond donors (Lipinski definition) is 1. The molecular formula is C22H19ClN4O3S2. The lowest BCUT2D eigenvalue weighted by Gasteiger charge is -2.12. The summed E-state index contributed by atoms with van der Waals surface area (Å²) < 4.78 is 25.8. The van der Waals surface area contributed by atoms with Crippen molar-refractivity contribution in [3.05, 3.63) is 64.1 Å². The van der Waals surface area contributed by atoms with Crippen molar-refractivity contribution in [3.63, 3.8) is 0 Å². The van der Waals surface area contributed by atoms with Crippen molar-refractivity contribution in [2.45, 2.75) is 19.4 Å². The van der Waals surface area contributed by atoms with Gasteiger partial charge in [0.05, 0.1) is 44.8 Å². The second kappa shape index (κ2) is 7.99. The van der Waals surface area contributed by atoms with Crippen molar-refractivity contribution in [1.29, 1.82) is 0 Å². The molecule has 0 spiro atoms. The molecule has 0 radical (unpaired) electrons. The molecule has 10 heteroatoms. The lowest BCUT2D eigenvalue weighted by Crippen LogP contribution is -2.15. The number of amides is 1. The number of pyridine rings is 1. The Morgan fingerprint density at radius 2 is 2.09 bits per heavy atom. The molecular weight excluding hydrogens is 468 g/mol. The molecule has 7 nitrogen and oxygen atoms in total. The molecule has 5 rings (SSSR count). The average Bonchev–Trinajstić information content (AvgIpc) is 3.47. The minimum atomic E-state index is -3.11. The van der Waals surface area contributed by atoms with E-state index in [9.17, 15) is 13.2 Å². The van der Waals surface area contributed by atoms with Crippen molar-refractivity contribution < 1.29 is 13.2 Å². The van der Waals surface area contributed by atoms with E-state index < -0.39 is 9.84 Å². The molecule has 1 N–H and O–H groups in total. The number of hydrogen-bond acceptors (Lipinski definition) is 6. The van der Waals surface area contributed by atoms with Gasteiger partial charge in [-0.25, -0.2) is 18.1 Å². The quantitative estimate of drug-likeness (QED) is 0.450. The standard InChI is InChI=1S/C22H19ClN4O3S2/c1-13-20-17(22(28)24-15-5-2-4-14(23)10-15)11-18(19-6-3-8-31-19)25-21(20)27(26-13)16-7-9-32(29,30)12-16/h2-6,8,10-11,16H,7,9,12H2,1H3,(H,24,28). The molecule has 164 valence electrons. The lowest BCUT2D eigenvalue weighted by atomic mass is 10.1. The number of aryl methyl sites for hydroxylation is 1. The fraction of sp³-hybridized carbons (Fsp3) is 0.227. The van der Waals surface area contributed by atoms with Crippen LogP contribution in [0.3, 0.4) is 0 Å². The Labute approximate surface area is 194 Å². The van der Waals surface area contributed by atoms with Crippen LogP contribution in [0.4, 0.5) is 5.69 Å². The first kappa shape index (κ1) is 21.1. The number of nitrogens with one attached hydrogen (secondary N) is 1. The summed E-state index contributed by atoms with van der Waals surface area (Å²) in [6.45, 7) is 1.81. The number of anilines is 1. The van der Waals surface area contributed by atoms with Crippen LogP contribution in [-0.4, -0.2) is 40.6 Å². The Bertz CT molecular complexity index is 1450.